The molecule has 0 spiro atoms. The zero-order chi connectivity index (χ0) is 19.4. The van der Waals surface area contributed by atoms with Crippen LogP contribution in [-0.4, -0.2) is 17.1 Å². The number of rotatable bonds is 7. The molecule has 0 atom stereocenters. The van der Waals surface area contributed by atoms with Crippen molar-refractivity contribution in [2.45, 2.75) is 26.3 Å². The Labute approximate surface area is 169 Å². The van der Waals surface area contributed by atoms with Gasteiger partial charge in [-0.05, 0) is 53.5 Å². The summed E-state index contributed by atoms with van der Waals surface area (Å²) in [5.41, 5.74) is 1.77. The number of anilines is 1. The van der Waals surface area contributed by atoms with E-state index in [4.69, 9.17) is 20.8 Å². The quantitative estimate of drug-likeness (QED) is 0.556. The molecule has 3 rings (SSSR count). The first-order valence-electron chi connectivity index (χ1n) is 8.49. The molecule has 3 aromatic rings. The van der Waals surface area contributed by atoms with E-state index in [-0.39, 0.29) is 12.3 Å². The number of nitrogens with zero attached hydrogens (tertiary/aromatic N) is 1. The van der Waals surface area contributed by atoms with Crippen molar-refractivity contribution in [2.24, 2.45) is 0 Å². The molecule has 0 fully saturated rings. The van der Waals surface area contributed by atoms with Crippen LogP contribution in [0, 0.1) is 0 Å². The monoisotopic (exact) mass is 452 g/mol. The van der Waals surface area contributed by atoms with Crippen molar-refractivity contribution >= 4 is 50.2 Å². The third-order valence-electron chi connectivity index (χ3n) is 3.93. The average Bonchev–Trinajstić information content (AvgIpc) is 2.93. The number of benzene rings is 2. The van der Waals surface area contributed by atoms with Gasteiger partial charge in [0, 0.05) is 18.0 Å². The van der Waals surface area contributed by atoms with Gasteiger partial charge in [0.15, 0.2) is 11.3 Å². The number of aryl methyl sites for hydroxylation is 1. The molecule has 6 nitrogen and oxygen atoms in total. The highest BCUT2D eigenvalue weighted by atomic mass is 79.9. The Balaban J connectivity index is 1.65. The van der Waals surface area contributed by atoms with E-state index in [1.165, 1.54) is 4.57 Å². The van der Waals surface area contributed by atoms with Crippen molar-refractivity contribution in [1.82, 2.24) is 4.57 Å². The van der Waals surface area contributed by atoms with Gasteiger partial charge in [0.1, 0.15) is 0 Å². The number of halogens is 2. The normalized spacial score (nSPS) is 10.9. The lowest BCUT2D eigenvalue weighted by Gasteiger charge is -2.14. The van der Waals surface area contributed by atoms with Gasteiger partial charge in [0.25, 0.3) is 0 Å². The highest BCUT2D eigenvalue weighted by molar-refractivity contribution is 9.10. The van der Waals surface area contributed by atoms with Crippen LogP contribution in [0.4, 0.5) is 5.69 Å². The fraction of sp³-hybridized carbons (Fsp3) is 0.263. The number of fused-ring (bicyclic) bond motifs is 1. The summed E-state index contributed by atoms with van der Waals surface area (Å²) >= 11 is 9.45. The standard InChI is InChI=1S/C19H18BrClN2O4/c1-2-26-18-13(20)10-12(21)11-14(18)22-17(24)8-5-9-23-15-6-3-4-7-16(15)27-19(23)25/h3-4,6-7,10-11H,2,5,8-9H2,1H3,(H,22,24). The van der Waals surface area contributed by atoms with Crippen LogP contribution in [0.3, 0.4) is 0 Å². The Morgan fingerprint density at radius 2 is 2.11 bits per heavy atom. The molecule has 0 saturated heterocycles. The summed E-state index contributed by atoms with van der Waals surface area (Å²) in [7, 11) is 0. The van der Waals surface area contributed by atoms with Crippen LogP contribution in [0.15, 0.2) is 50.1 Å². The molecule has 0 radical (unpaired) electrons. The van der Waals surface area contributed by atoms with Crippen molar-refractivity contribution in [3.63, 3.8) is 0 Å². The molecule has 1 N–H and O–H groups in total. The largest absolute Gasteiger partial charge is 0.491 e. The van der Waals surface area contributed by atoms with E-state index in [0.717, 1.165) is 5.52 Å². The van der Waals surface area contributed by atoms with E-state index in [1.807, 2.05) is 25.1 Å². The number of amides is 1. The second-order valence-electron chi connectivity index (χ2n) is 5.84. The van der Waals surface area contributed by atoms with Gasteiger partial charge in [-0.25, -0.2) is 4.79 Å². The topological polar surface area (TPSA) is 73.5 Å². The molecule has 142 valence electrons. The zero-order valence-electron chi connectivity index (χ0n) is 14.6. The molecule has 0 aliphatic heterocycles. The summed E-state index contributed by atoms with van der Waals surface area (Å²) in [5, 5.41) is 3.30. The molecule has 1 aromatic heterocycles. The SMILES string of the molecule is CCOc1c(Br)cc(Cl)cc1NC(=O)CCCn1c(=O)oc2ccccc21. The molecule has 0 bridgehead atoms. The maximum Gasteiger partial charge on any atom is 0.419 e. The van der Waals surface area contributed by atoms with Crippen molar-refractivity contribution in [2.75, 3.05) is 11.9 Å². The Morgan fingerprint density at radius 1 is 1.33 bits per heavy atom. The average molecular weight is 454 g/mol. The zero-order valence-corrected chi connectivity index (χ0v) is 17.0. The summed E-state index contributed by atoms with van der Waals surface area (Å²) in [6.45, 7) is 2.71. The van der Waals surface area contributed by atoms with Crippen molar-refractivity contribution < 1.29 is 13.9 Å². The number of hydrogen-bond donors (Lipinski definition) is 1. The van der Waals surface area contributed by atoms with Crippen LogP contribution < -0.4 is 15.8 Å². The van der Waals surface area contributed by atoms with Crippen LogP contribution in [0.5, 0.6) is 5.75 Å². The van der Waals surface area contributed by atoms with Crippen LogP contribution in [0.2, 0.25) is 5.02 Å². The van der Waals surface area contributed by atoms with Crippen molar-refractivity contribution in [3.8, 4) is 5.75 Å². The predicted molar refractivity (Wildman–Crippen MR) is 109 cm³/mol. The molecule has 1 amide bonds. The van der Waals surface area contributed by atoms with Crippen LogP contribution in [-0.2, 0) is 11.3 Å². The minimum Gasteiger partial charge on any atom is -0.491 e. The van der Waals surface area contributed by atoms with E-state index in [1.54, 1.807) is 18.2 Å². The fourth-order valence-corrected chi connectivity index (χ4v) is 3.71. The lowest BCUT2D eigenvalue weighted by Crippen LogP contribution is -2.17. The Bertz CT molecular complexity index is 1030. The maximum atomic E-state index is 12.3. The molecule has 0 aliphatic carbocycles. The van der Waals surface area contributed by atoms with Crippen LogP contribution in [0.25, 0.3) is 11.1 Å². The summed E-state index contributed by atoms with van der Waals surface area (Å²) in [5.74, 6) is -0.0766. The molecular formula is C19H18BrClN2O4. The lowest BCUT2D eigenvalue weighted by atomic mass is 10.2. The molecule has 2 aromatic carbocycles. The number of nitrogens with one attached hydrogen (secondary N) is 1. The molecule has 0 aliphatic rings. The third-order valence-corrected chi connectivity index (χ3v) is 4.74. The van der Waals surface area contributed by atoms with E-state index in [2.05, 4.69) is 21.2 Å². The number of carbonyl (C=O) groups is 1. The number of oxazole rings is 1. The van der Waals surface area contributed by atoms with Gasteiger partial charge in [0.05, 0.1) is 22.3 Å². The first kappa shape index (κ1) is 19.5. The maximum absolute atomic E-state index is 12.3. The van der Waals surface area contributed by atoms with Crippen molar-refractivity contribution in [3.05, 3.63) is 56.4 Å². The van der Waals surface area contributed by atoms with E-state index in [0.29, 0.717) is 46.1 Å². The second kappa shape index (κ2) is 8.63. The highest BCUT2D eigenvalue weighted by Gasteiger charge is 2.14. The summed E-state index contributed by atoms with van der Waals surface area (Å²) in [6.07, 6.45) is 0.725. The van der Waals surface area contributed by atoms with Gasteiger partial charge in [-0.15, -0.1) is 0 Å². The number of carbonyl (C=O) groups excluding carboxylic acids is 1. The summed E-state index contributed by atoms with van der Waals surface area (Å²) in [4.78, 5) is 24.3. The van der Waals surface area contributed by atoms with Gasteiger partial charge in [0.2, 0.25) is 5.91 Å². The number of para-hydroxylation sites is 2. The molecule has 27 heavy (non-hydrogen) atoms. The lowest BCUT2D eigenvalue weighted by molar-refractivity contribution is -0.116. The molecular weight excluding hydrogens is 436 g/mol. The van der Waals surface area contributed by atoms with Gasteiger partial charge in [-0.2, -0.15) is 0 Å². The summed E-state index contributed by atoms with van der Waals surface area (Å²) in [6, 6.07) is 10.6. The molecule has 0 unspecified atom stereocenters. The van der Waals surface area contributed by atoms with Gasteiger partial charge in [-0.1, -0.05) is 23.7 Å². The number of aromatic nitrogens is 1. The minimum atomic E-state index is -0.422. The smallest absolute Gasteiger partial charge is 0.419 e. The highest BCUT2D eigenvalue weighted by Crippen LogP contribution is 2.36. The third kappa shape index (κ3) is 4.54. The van der Waals surface area contributed by atoms with Crippen LogP contribution in [0.1, 0.15) is 19.8 Å². The molecule has 0 saturated carbocycles. The van der Waals surface area contributed by atoms with Gasteiger partial charge >= 0.3 is 5.76 Å². The Kier molecular flexibility index (Phi) is 6.23. The Hall–Kier alpha value is -2.25. The predicted octanol–water partition coefficient (Wildman–Crippen LogP) is 4.83. The van der Waals surface area contributed by atoms with E-state index in [9.17, 15) is 9.59 Å². The first-order chi connectivity index (χ1) is 13.0. The minimum absolute atomic E-state index is 0.189. The van der Waals surface area contributed by atoms with E-state index >= 15 is 0 Å². The van der Waals surface area contributed by atoms with Crippen LogP contribution >= 0.6 is 27.5 Å². The number of ether oxygens (including phenoxy) is 1. The summed E-state index contributed by atoms with van der Waals surface area (Å²) < 4.78 is 13.0. The van der Waals surface area contributed by atoms with Gasteiger partial charge < -0.3 is 14.5 Å². The second-order valence-corrected chi connectivity index (χ2v) is 7.13. The number of hydrogen-bond acceptors (Lipinski definition) is 4. The fourth-order valence-electron chi connectivity index (χ4n) is 2.78. The Morgan fingerprint density at radius 3 is 2.89 bits per heavy atom. The first-order valence-corrected chi connectivity index (χ1v) is 9.66. The van der Waals surface area contributed by atoms with E-state index < -0.39 is 5.76 Å². The molecule has 1 heterocycles. The van der Waals surface area contributed by atoms with Crippen molar-refractivity contribution in [1.29, 1.82) is 0 Å². The van der Waals surface area contributed by atoms with Gasteiger partial charge in [-0.3, -0.25) is 9.36 Å². The molecule has 8 heteroatoms.